The fraction of sp³-hybridized carbons (Fsp3) is 0.292. The summed E-state index contributed by atoms with van der Waals surface area (Å²) in [6, 6.07) is 11.8. The van der Waals surface area contributed by atoms with E-state index in [9.17, 15) is 4.79 Å². The van der Waals surface area contributed by atoms with Gasteiger partial charge in [-0.05, 0) is 46.2 Å². The first-order valence-corrected chi connectivity index (χ1v) is 11.9. The SMILES string of the molecule is COC[C@@H]1CN(Cc2csc3cc(Cl)ccc23)CC(=O)N1Cc1ccc2c(N)ncnc2c1. The summed E-state index contributed by atoms with van der Waals surface area (Å²) >= 11 is 7.82. The van der Waals surface area contributed by atoms with E-state index in [-0.39, 0.29) is 11.9 Å². The van der Waals surface area contributed by atoms with Crippen LogP contribution in [0.1, 0.15) is 11.1 Å². The average molecular weight is 482 g/mol. The Balaban J connectivity index is 1.34. The van der Waals surface area contributed by atoms with Gasteiger partial charge in [0.15, 0.2) is 0 Å². The second kappa shape index (κ2) is 9.23. The smallest absolute Gasteiger partial charge is 0.237 e. The van der Waals surface area contributed by atoms with E-state index in [0.717, 1.165) is 32.7 Å². The number of nitrogens with zero attached hydrogens (tertiary/aromatic N) is 4. The number of rotatable bonds is 6. The monoisotopic (exact) mass is 481 g/mol. The number of methoxy groups -OCH3 is 1. The number of benzene rings is 2. The second-order valence-corrected chi connectivity index (χ2v) is 9.66. The van der Waals surface area contributed by atoms with Crippen LogP contribution < -0.4 is 5.73 Å². The number of ether oxygens (including phenoxy) is 1. The summed E-state index contributed by atoms with van der Waals surface area (Å²) in [4.78, 5) is 25.7. The molecule has 0 spiro atoms. The van der Waals surface area contributed by atoms with Crippen molar-refractivity contribution in [1.82, 2.24) is 19.8 Å². The van der Waals surface area contributed by atoms with Crippen LogP contribution in [0.5, 0.6) is 0 Å². The van der Waals surface area contributed by atoms with Gasteiger partial charge in [-0.2, -0.15) is 0 Å². The third-order valence-corrected chi connectivity index (χ3v) is 7.27. The molecule has 33 heavy (non-hydrogen) atoms. The van der Waals surface area contributed by atoms with Crippen LogP contribution in [0.3, 0.4) is 0 Å². The van der Waals surface area contributed by atoms with Gasteiger partial charge in [-0.25, -0.2) is 9.97 Å². The molecule has 5 rings (SSSR count). The molecule has 7 nitrogen and oxygen atoms in total. The summed E-state index contributed by atoms with van der Waals surface area (Å²) in [5, 5.41) is 4.91. The van der Waals surface area contributed by atoms with Crippen molar-refractivity contribution in [3.63, 3.8) is 0 Å². The third-order valence-electron chi connectivity index (χ3n) is 6.04. The minimum Gasteiger partial charge on any atom is -0.383 e. The fourth-order valence-electron chi connectivity index (χ4n) is 4.46. The van der Waals surface area contributed by atoms with Gasteiger partial charge in [-0.15, -0.1) is 11.3 Å². The molecule has 2 N–H and O–H groups in total. The number of nitrogens with two attached hydrogens (primary N) is 1. The van der Waals surface area contributed by atoms with E-state index in [0.29, 0.717) is 32.1 Å². The molecular formula is C24H24ClN5O2S. The van der Waals surface area contributed by atoms with Crippen molar-refractivity contribution in [1.29, 1.82) is 0 Å². The number of hydrogen-bond donors (Lipinski definition) is 1. The Kier molecular flexibility index (Phi) is 6.16. The lowest BCUT2D eigenvalue weighted by molar-refractivity contribution is -0.142. The highest BCUT2D eigenvalue weighted by Gasteiger charge is 2.32. The lowest BCUT2D eigenvalue weighted by atomic mass is 10.1. The number of aromatic nitrogens is 2. The number of hydrogen-bond acceptors (Lipinski definition) is 7. The van der Waals surface area contributed by atoms with Crippen LogP contribution in [0.25, 0.3) is 21.0 Å². The Morgan fingerprint density at radius 1 is 1.18 bits per heavy atom. The molecule has 1 fully saturated rings. The largest absolute Gasteiger partial charge is 0.383 e. The molecule has 0 saturated carbocycles. The topological polar surface area (TPSA) is 84.6 Å². The summed E-state index contributed by atoms with van der Waals surface area (Å²) in [5.74, 6) is 0.546. The second-order valence-electron chi connectivity index (χ2n) is 8.31. The Labute approximate surface area is 200 Å². The van der Waals surface area contributed by atoms with Crippen molar-refractivity contribution in [3.05, 3.63) is 64.3 Å². The highest BCUT2D eigenvalue weighted by molar-refractivity contribution is 7.17. The van der Waals surface area contributed by atoms with Crippen LogP contribution in [0, 0.1) is 0 Å². The van der Waals surface area contributed by atoms with Crippen molar-refractivity contribution < 1.29 is 9.53 Å². The highest BCUT2D eigenvalue weighted by Crippen LogP contribution is 2.30. The Morgan fingerprint density at radius 3 is 2.88 bits per heavy atom. The van der Waals surface area contributed by atoms with Gasteiger partial charge in [0.25, 0.3) is 0 Å². The molecule has 2 aromatic heterocycles. The van der Waals surface area contributed by atoms with E-state index in [2.05, 4.69) is 26.3 Å². The molecule has 1 aliphatic rings. The number of nitrogen functional groups attached to an aromatic ring is 1. The third kappa shape index (κ3) is 4.52. The van der Waals surface area contributed by atoms with Crippen LogP contribution in [0.4, 0.5) is 5.82 Å². The summed E-state index contributed by atoms with van der Waals surface area (Å²) < 4.78 is 6.64. The van der Waals surface area contributed by atoms with E-state index in [1.807, 2.05) is 35.2 Å². The van der Waals surface area contributed by atoms with E-state index in [1.54, 1.807) is 18.4 Å². The Morgan fingerprint density at radius 2 is 2.03 bits per heavy atom. The Bertz CT molecular complexity index is 1330. The summed E-state index contributed by atoms with van der Waals surface area (Å²) in [7, 11) is 1.67. The molecule has 2 aromatic carbocycles. The molecule has 4 aromatic rings. The molecule has 9 heteroatoms. The lowest BCUT2D eigenvalue weighted by Crippen LogP contribution is -2.57. The van der Waals surface area contributed by atoms with Gasteiger partial charge >= 0.3 is 0 Å². The van der Waals surface area contributed by atoms with E-state index in [4.69, 9.17) is 22.1 Å². The number of anilines is 1. The standard InChI is InChI=1S/C24H24ClN5O2S/c1-32-12-18-10-29(9-16-13-33-22-7-17(25)3-5-19(16)22)11-23(31)30(18)8-15-2-4-20-21(6-15)27-14-28-24(20)26/h2-7,13-14,18H,8-12H2,1H3,(H2,26,27,28)/t18-/m0/s1. The first kappa shape index (κ1) is 22.0. The number of halogens is 1. The van der Waals surface area contributed by atoms with Crippen molar-refractivity contribution >= 4 is 55.7 Å². The lowest BCUT2D eigenvalue weighted by Gasteiger charge is -2.41. The van der Waals surface area contributed by atoms with Crippen LogP contribution in [-0.2, 0) is 22.6 Å². The van der Waals surface area contributed by atoms with E-state index < -0.39 is 0 Å². The van der Waals surface area contributed by atoms with Gasteiger partial charge in [0.05, 0.1) is 24.7 Å². The van der Waals surface area contributed by atoms with Crippen LogP contribution in [0.2, 0.25) is 5.02 Å². The van der Waals surface area contributed by atoms with Crippen molar-refractivity contribution in [2.45, 2.75) is 19.1 Å². The van der Waals surface area contributed by atoms with E-state index in [1.165, 1.54) is 17.3 Å². The Hall–Kier alpha value is -2.78. The maximum Gasteiger partial charge on any atom is 0.237 e. The maximum absolute atomic E-state index is 13.2. The number of piperazine rings is 1. The zero-order valence-electron chi connectivity index (χ0n) is 18.2. The van der Waals surface area contributed by atoms with E-state index >= 15 is 0 Å². The molecule has 170 valence electrons. The quantitative estimate of drug-likeness (QED) is 0.449. The molecule has 0 unspecified atom stereocenters. The molecule has 1 saturated heterocycles. The van der Waals surface area contributed by atoms with Crippen molar-refractivity contribution in [2.24, 2.45) is 0 Å². The van der Waals surface area contributed by atoms with Gasteiger partial charge in [-0.3, -0.25) is 9.69 Å². The molecular weight excluding hydrogens is 458 g/mol. The van der Waals surface area contributed by atoms with Gasteiger partial charge in [-0.1, -0.05) is 23.7 Å². The number of carbonyl (C=O) groups excluding carboxylic acids is 1. The highest BCUT2D eigenvalue weighted by atomic mass is 35.5. The zero-order valence-corrected chi connectivity index (χ0v) is 19.8. The molecule has 0 aliphatic carbocycles. The zero-order chi connectivity index (χ0) is 22.9. The number of thiophene rings is 1. The molecule has 1 atom stereocenters. The summed E-state index contributed by atoms with van der Waals surface area (Å²) in [5.41, 5.74) is 8.94. The van der Waals surface area contributed by atoms with Gasteiger partial charge in [0.2, 0.25) is 5.91 Å². The molecule has 1 amide bonds. The van der Waals surface area contributed by atoms with Gasteiger partial charge < -0.3 is 15.4 Å². The number of fused-ring (bicyclic) bond motifs is 2. The van der Waals surface area contributed by atoms with Gasteiger partial charge in [0.1, 0.15) is 12.1 Å². The predicted molar refractivity (Wildman–Crippen MR) is 132 cm³/mol. The summed E-state index contributed by atoms with van der Waals surface area (Å²) in [6.45, 7) is 2.81. The first-order valence-electron chi connectivity index (χ1n) is 10.7. The van der Waals surface area contributed by atoms with Crippen molar-refractivity contribution in [3.8, 4) is 0 Å². The number of carbonyl (C=O) groups is 1. The van der Waals surface area contributed by atoms with Crippen LogP contribution in [0.15, 0.2) is 48.1 Å². The normalized spacial score (nSPS) is 17.3. The van der Waals surface area contributed by atoms with Crippen molar-refractivity contribution in [2.75, 3.05) is 32.5 Å². The molecule has 3 heterocycles. The maximum atomic E-state index is 13.2. The average Bonchev–Trinajstić information content (AvgIpc) is 3.18. The van der Waals surface area contributed by atoms with Gasteiger partial charge in [0, 0.05) is 41.9 Å². The summed E-state index contributed by atoms with van der Waals surface area (Å²) in [6.07, 6.45) is 1.46. The molecule has 0 radical (unpaired) electrons. The molecule has 1 aliphatic heterocycles. The molecule has 0 bridgehead atoms. The minimum absolute atomic E-state index is 0.0400. The first-order chi connectivity index (χ1) is 16.0. The minimum atomic E-state index is -0.0400. The predicted octanol–water partition coefficient (Wildman–Crippen LogP) is 3.94. The fourth-order valence-corrected chi connectivity index (χ4v) is 5.69. The number of amides is 1. The van der Waals surface area contributed by atoms with Crippen LogP contribution >= 0.6 is 22.9 Å². The van der Waals surface area contributed by atoms with Crippen LogP contribution in [-0.4, -0.2) is 58.5 Å².